The number of carbonyl (C=O) groups is 2. The van der Waals surface area contributed by atoms with Crippen LogP contribution in [0.3, 0.4) is 0 Å². The third-order valence-corrected chi connectivity index (χ3v) is 7.87. The molecule has 2 aromatic heterocycles. The highest BCUT2D eigenvalue weighted by Gasteiger charge is 2.42. The molecular formula is C28H31F3N6O4. The van der Waals surface area contributed by atoms with Gasteiger partial charge in [-0.05, 0) is 43.7 Å². The monoisotopic (exact) mass is 572 g/mol. The number of halogens is 3. The summed E-state index contributed by atoms with van der Waals surface area (Å²) in [4.78, 5) is 41.9. The number of aliphatic hydroxyl groups is 1. The molecule has 2 N–H and O–H groups in total. The van der Waals surface area contributed by atoms with E-state index in [9.17, 15) is 27.9 Å². The van der Waals surface area contributed by atoms with Crippen molar-refractivity contribution in [2.45, 2.75) is 44.3 Å². The minimum atomic E-state index is -4.92. The number of aliphatic hydroxyl groups excluding tert-OH is 1. The number of piperidine rings is 1. The molecule has 2 aliphatic rings. The Morgan fingerprint density at radius 2 is 1.78 bits per heavy atom. The summed E-state index contributed by atoms with van der Waals surface area (Å²) in [6, 6.07) is 8.07. The maximum absolute atomic E-state index is 13.6. The van der Waals surface area contributed by atoms with Gasteiger partial charge in [0.15, 0.2) is 5.69 Å². The maximum atomic E-state index is 13.6. The van der Waals surface area contributed by atoms with Crippen LogP contribution in [0.4, 0.5) is 24.8 Å². The van der Waals surface area contributed by atoms with Crippen molar-refractivity contribution in [1.82, 2.24) is 19.9 Å². The molecule has 0 spiro atoms. The first kappa shape index (κ1) is 28.5. The van der Waals surface area contributed by atoms with E-state index in [1.807, 2.05) is 16.8 Å². The molecule has 0 unspecified atom stereocenters. The van der Waals surface area contributed by atoms with Gasteiger partial charge in [-0.1, -0.05) is 24.6 Å². The smallest absolute Gasteiger partial charge is 0.431 e. The predicted octanol–water partition coefficient (Wildman–Crippen LogP) is 4.24. The van der Waals surface area contributed by atoms with E-state index in [0.717, 1.165) is 32.1 Å². The number of nitrogens with one attached hydrogen (secondary N) is 1. The van der Waals surface area contributed by atoms with Crippen molar-refractivity contribution >= 4 is 23.5 Å². The van der Waals surface area contributed by atoms with Crippen molar-refractivity contribution in [3.63, 3.8) is 0 Å². The van der Waals surface area contributed by atoms with Crippen LogP contribution in [-0.4, -0.2) is 69.6 Å². The fourth-order valence-corrected chi connectivity index (χ4v) is 5.58. The Bertz CT molecular complexity index is 1360. The molecule has 1 aromatic carbocycles. The number of alkyl halides is 3. The topological polar surface area (TPSA) is 125 Å². The molecule has 0 bridgehead atoms. The minimum Gasteiger partial charge on any atom is -0.431 e. The predicted molar refractivity (Wildman–Crippen MR) is 143 cm³/mol. The van der Waals surface area contributed by atoms with Crippen molar-refractivity contribution in [2.75, 3.05) is 37.0 Å². The molecule has 41 heavy (non-hydrogen) atoms. The number of benzene rings is 1. The summed E-state index contributed by atoms with van der Waals surface area (Å²) in [6.07, 6.45) is 1.81. The number of nitrogens with zero attached hydrogens (tertiary/aromatic N) is 5. The van der Waals surface area contributed by atoms with Crippen molar-refractivity contribution in [3.05, 3.63) is 54.2 Å². The first-order valence-corrected chi connectivity index (χ1v) is 13.5. The number of carbonyl (C=O) groups excluding carboxylic acids is 2. The molecule has 3 aromatic rings. The summed E-state index contributed by atoms with van der Waals surface area (Å²) in [6.45, 7) is 1.25. The average molecular weight is 573 g/mol. The van der Waals surface area contributed by atoms with Gasteiger partial charge in [-0.2, -0.15) is 13.2 Å². The summed E-state index contributed by atoms with van der Waals surface area (Å²) >= 11 is 0. The van der Waals surface area contributed by atoms with E-state index < -0.39 is 23.5 Å². The zero-order valence-corrected chi connectivity index (χ0v) is 22.5. The fourth-order valence-electron chi connectivity index (χ4n) is 5.58. The van der Waals surface area contributed by atoms with Crippen LogP contribution in [0.5, 0.6) is 0 Å². The average Bonchev–Trinajstić information content (AvgIpc) is 3.65. The summed E-state index contributed by atoms with van der Waals surface area (Å²) < 4.78 is 45.7. The number of oxazole rings is 1. The SMILES string of the molecule is CN(C(=O)[C@@H]1CCC[C@H]1CO)C1CCN(c2ncc(NC(=O)c3nc(-c4ccccc4)oc3C(F)(F)F)cn2)CC1. The van der Waals surface area contributed by atoms with Crippen molar-refractivity contribution in [3.8, 4) is 11.5 Å². The Balaban J connectivity index is 1.20. The molecule has 1 aliphatic carbocycles. The highest BCUT2D eigenvalue weighted by atomic mass is 19.4. The Morgan fingerprint density at radius 1 is 1.10 bits per heavy atom. The summed E-state index contributed by atoms with van der Waals surface area (Å²) in [5, 5.41) is 12.0. The van der Waals surface area contributed by atoms with Gasteiger partial charge in [-0.15, -0.1) is 0 Å². The van der Waals surface area contributed by atoms with Crippen LogP contribution in [-0.2, 0) is 11.0 Å². The largest absolute Gasteiger partial charge is 0.452 e. The lowest BCUT2D eigenvalue weighted by atomic mass is 9.94. The summed E-state index contributed by atoms with van der Waals surface area (Å²) in [5.41, 5.74) is -0.479. The van der Waals surface area contributed by atoms with Crippen LogP contribution >= 0.6 is 0 Å². The number of anilines is 2. The Labute approximate surface area is 234 Å². The van der Waals surface area contributed by atoms with E-state index in [-0.39, 0.29) is 42.0 Å². The summed E-state index contributed by atoms with van der Waals surface area (Å²) in [7, 11) is 1.82. The van der Waals surface area contributed by atoms with E-state index in [1.54, 1.807) is 18.2 Å². The minimum absolute atomic E-state index is 0.0349. The van der Waals surface area contributed by atoms with Crippen molar-refractivity contribution < 1.29 is 32.3 Å². The molecular weight excluding hydrogens is 541 g/mol. The van der Waals surface area contributed by atoms with Gasteiger partial charge in [0.1, 0.15) is 0 Å². The number of amides is 2. The molecule has 1 aliphatic heterocycles. The van der Waals surface area contributed by atoms with Crippen LogP contribution in [0, 0.1) is 11.8 Å². The van der Waals surface area contributed by atoms with Gasteiger partial charge >= 0.3 is 6.18 Å². The lowest BCUT2D eigenvalue weighted by Crippen LogP contribution is -2.48. The standard InChI is InChI=1S/C28H31F3N6O4/c1-36(26(40)21-9-5-8-18(21)16-38)20-10-12-37(13-11-20)27-32-14-19(15-33-27)34-24(39)22-23(28(29,30)31)41-25(35-22)17-6-3-2-4-7-17/h2-4,6-7,14-15,18,20-21,38H,5,8-13,16H2,1H3,(H,34,39)/t18-,21+/m0/s1. The number of hydrogen-bond acceptors (Lipinski definition) is 8. The quantitative estimate of drug-likeness (QED) is 0.431. The van der Waals surface area contributed by atoms with Crippen LogP contribution in [0.2, 0.25) is 0 Å². The van der Waals surface area contributed by atoms with Gasteiger partial charge in [0.2, 0.25) is 23.5 Å². The van der Waals surface area contributed by atoms with Crippen molar-refractivity contribution in [2.24, 2.45) is 11.8 Å². The molecule has 1 saturated heterocycles. The van der Waals surface area contributed by atoms with Crippen LogP contribution in [0.1, 0.15) is 48.4 Å². The van der Waals surface area contributed by atoms with Crippen LogP contribution in [0.15, 0.2) is 47.1 Å². The van der Waals surface area contributed by atoms with Crippen LogP contribution in [0.25, 0.3) is 11.5 Å². The van der Waals surface area contributed by atoms with Gasteiger partial charge in [-0.25, -0.2) is 15.0 Å². The number of aromatic nitrogens is 3. The van der Waals surface area contributed by atoms with Gasteiger partial charge in [0.05, 0.1) is 18.1 Å². The second-order valence-electron chi connectivity index (χ2n) is 10.4. The van der Waals surface area contributed by atoms with Gasteiger partial charge in [0.25, 0.3) is 5.91 Å². The molecule has 13 heteroatoms. The molecule has 2 fully saturated rings. The van der Waals surface area contributed by atoms with E-state index in [1.165, 1.54) is 24.5 Å². The van der Waals surface area contributed by atoms with E-state index >= 15 is 0 Å². The molecule has 2 atom stereocenters. The molecule has 0 radical (unpaired) electrons. The van der Waals surface area contributed by atoms with E-state index in [0.29, 0.717) is 24.6 Å². The van der Waals surface area contributed by atoms with E-state index in [2.05, 4.69) is 20.3 Å². The highest BCUT2D eigenvalue weighted by Crippen LogP contribution is 2.36. The molecule has 3 heterocycles. The second kappa shape index (κ2) is 11.9. The number of rotatable bonds is 7. The molecule has 10 nitrogen and oxygen atoms in total. The Morgan fingerprint density at radius 3 is 2.41 bits per heavy atom. The molecule has 1 saturated carbocycles. The van der Waals surface area contributed by atoms with Crippen LogP contribution < -0.4 is 10.2 Å². The van der Waals surface area contributed by atoms with Crippen molar-refractivity contribution in [1.29, 1.82) is 0 Å². The third-order valence-electron chi connectivity index (χ3n) is 7.87. The Kier molecular flexibility index (Phi) is 8.25. The summed E-state index contributed by atoms with van der Waals surface area (Å²) in [5.74, 6) is -2.49. The highest BCUT2D eigenvalue weighted by molar-refractivity contribution is 6.03. The second-order valence-corrected chi connectivity index (χ2v) is 10.4. The fraction of sp³-hybridized carbons (Fsp3) is 0.464. The first-order valence-electron chi connectivity index (χ1n) is 13.5. The normalized spacial score (nSPS) is 19.8. The molecule has 218 valence electrons. The lowest BCUT2D eigenvalue weighted by molar-refractivity contribution is -0.153. The molecule has 5 rings (SSSR count). The zero-order chi connectivity index (χ0) is 29.1. The van der Waals surface area contributed by atoms with Gasteiger partial charge < -0.3 is 24.6 Å². The Hall–Kier alpha value is -4.00. The third kappa shape index (κ3) is 6.19. The lowest BCUT2D eigenvalue weighted by Gasteiger charge is -2.38. The first-order chi connectivity index (χ1) is 19.7. The van der Waals surface area contributed by atoms with E-state index in [4.69, 9.17) is 4.42 Å². The number of hydrogen-bond donors (Lipinski definition) is 2. The maximum Gasteiger partial charge on any atom is 0.452 e. The zero-order valence-electron chi connectivity index (χ0n) is 22.5. The van der Waals surface area contributed by atoms with Gasteiger partial charge in [0, 0.05) is 44.3 Å². The molecule has 2 amide bonds. The van der Waals surface area contributed by atoms with Gasteiger partial charge in [-0.3, -0.25) is 9.59 Å².